The Bertz CT molecular complexity index is 1600. The monoisotopic (exact) mass is 756 g/mol. The van der Waals surface area contributed by atoms with Crippen LogP contribution in [0.1, 0.15) is 85.5 Å². The minimum Gasteiger partial charge on any atom is -0.455 e. The van der Waals surface area contributed by atoms with E-state index in [-0.39, 0.29) is 30.8 Å². The number of Topliss-reactive ketones (excluding diaryl/α,β-unsaturated/α-hetero) is 2. The maximum atomic E-state index is 15.9. The van der Waals surface area contributed by atoms with Crippen molar-refractivity contribution in [3.8, 4) is 0 Å². The van der Waals surface area contributed by atoms with Crippen LogP contribution >= 0.6 is 0 Å². The van der Waals surface area contributed by atoms with Crippen molar-refractivity contribution in [3.05, 3.63) is 47.0 Å². The number of esters is 2. The van der Waals surface area contributed by atoms with E-state index in [1.54, 1.807) is 37.3 Å². The molecule has 1 aromatic carbocycles. The van der Waals surface area contributed by atoms with E-state index < -0.39 is 92.6 Å². The molecule has 1 aliphatic heterocycles. The van der Waals surface area contributed by atoms with Gasteiger partial charge in [-0.25, -0.2) is 4.79 Å². The number of hydrogen-bond donors (Lipinski definition) is 1. The highest BCUT2D eigenvalue weighted by atomic mass is 28.4. The van der Waals surface area contributed by atoms with Crippen molar-refractivity contribution in [2.45, 2.75) is 149 Å². The normalized spacial score (nSPS) is 35.7. The number of carbonyl (C=O) groups is 4. The molecule has 52 heavy (non-hydrogen) atoms. The molecule has 0 radical (unpaired) electrons. The molecule has 1 aromatic rings. The molecule has 12 heteroatoms. The molecule has 2 bridgehead atoms. The summed E-state index contributed by atoms with van der Waals surface area (Å²) in [6.07, 6.45) is -3.35. The Kier molecular flexibility index (Phi) is 10.9. The second-order valence-electron chi connectivity index (χ2n) is 17.4. The van der Waals surface area contributed by atoms with Crippen molar-refractivity contribution in [1.82, 2.24) is 0 Å². The summed E-state index contributed by atoms with van der Waals surface area (Å²) in [7, 11) is -4.74. The number of benzene rings is 1. The molecule has 0 spiro atoms. The molecule has 3 fully saturated rings. The van der Waals surface area contributed by atoms with Crippen LogP contribution in [0.3, 0.4) is 0 Å². The standard InChI is InChI=1S/C40H60O10Si2/c1-13-52(14-2,15-3)50-29-21-30-39(23-46-30,48-26(6)42)33-35(47-36(44)27-19-17-16-18-20-27)40(45)22-28(49-51(10,11)12)24(4)32(37(40,7)8)31(25(5)41)34(43)38(29,33)9/h16-20,28-31,33,35,45H,13-15,21-23H2,1-12H3/t28-,29-,30+,31+,33-,35-,38+,39-,40+/m0/s1. The van der Waals surface area contributed by atoms with Crippen LogP contribution in [0, 0.1) is 22.7 Å². The Labute approximate surface area is 311 Å². The number of ether oxygens (including phenoxy) is 3. The van der Waals surface area contributed by atoms with Gasteiger partial charge in [-0.3, -0.25) is 14.4 Å². The molecule has 1 N–H and O–H groups in total. The molecular weight excluding hydrogens is 697 g/mol. The highest BCUT2D eigenvalue weighted by Crippen LogP contribution is 2.66. The Balaban J connectivity index is 1.91. The van der Waals surface area contributed by atoms with E-state index in [4.69, 9.17) is 23.1 Å². The van der Waals surface area contributed by atoms with Gasteiger partial charge in [0.1, 0.15) is 23.6 Å². The quantitative estimate of drug-likeness (QED) is 0.111. The van der Waals surface area contributed by atoms with Gasteiger partial charge in [0.2, 0.25) is 0 Å². The molecule has 0 amide bonds. The van der Waals surface area contributed by atoms with Gasteiger partial charge in [-0.2, -0.15) is 0 Å². The van der Waals surface area contributed by atoms with Crippen molar-refractivity contribution < 1.29 is 47.3 Å². The second kappa shape index (κ2) is 14.0. The van der Waals surface area contributed by atoms with Crippen LogP contribution in [0.15, 0.2) is 41.5 Å². The van der Waals surface area contributed by atoms with Gasteiger partial charge in [0.15, 0.2) is 28.0 Å². The van der Waals surface area contributed by atoms with E-state index >= 15 is 4.79 Å². The summed E-state index contributed by atoms with van der Waals surface area (Å²) in [5.74, 6) is -4.45. The topological polar surface area (TPSA) is 135 Å². The van der Waals surface area contributed by atoms with Crippen molar-refractivity contribution in [1.29, 1.82) is 0 Å². The molecular formula is C40H60O10Si2. The third kappa shape index (κ3) is 6.32. The first kappa shape index (κ1) is 40.7. The van der Waals surface area contributed by atoms with Gasteiger partial charge in [0.25, 0.3) is 0 Å². The maximum Gasteiger partial charge on any atom is 0.338 e. The van der Waals surface area contributed by atoms with Crippen LogP contribution in [0.25, 0.3) is 0 Å². The second-order valence-corrected chi connectivity index (χ2v) is 26.5. The molecule has 3 aliphatic carbocycles. The zero-order valence-electron chi connectivity index (χ0n) is 33.2. The Hall–Kier alpha value is -2.49. The van der Waals surface area contributed by atoms with E-state index in [2.05, 4.69) is 20.8 Å². The third-order valence-electron chi connectivity index (χ3n) is 13.1. The predicted octanol–water partition coefficient (Wildman–Crippen LogP) is 6.81. The van der Waals surface area contributed by atoms with Gasteiger partial charge < -0.3 is 28.2 Å². The van der Waals surface area contributed by atoms with Gasteiger partial charge in [-0.15, -0.1) is 0 Å². The molecule has 0 aromatic heterocycles. The SMILES string of the molecule is CC[Si](CC)(CC)O[C@H]1C[C@H]2OC[C@@]2(OC(C)=O)[C@H]2[C@H](OC(=O)c3ccccc3)[C@]3(O)C[C@H](O[Si](C)(C)C)C(C)=C([C@@H](C(C)=O)C(=O)[C@]12C)C3(C)C. The van der Waals surface area contributed by atoms with E-state index in [9.17, 15) is 19.5 Å². The summed E-state index contributed by atoms with van der Waals surface area (Å²) in [6.45, 7) is 22.4. The average Bonchev–Trinajstić information content (AvgIpc) is 3.06. The predicted molar refractivity (Wildman–Crippen MR) is 202 cm³/mol. The van der Waals surface area contributed by atoms with Gasteiger partial charge >= 0.3 is 11.9 Å². The van der Waals surface area contributed by atoms with Crippen LogP contribution in [-0.2, 0) is 37.4 Å². The fourth-order valence-corrected chi connectivity index (χ4v) is 14.1. The summed E-state index contributed by atoms with van der Waals surface area (Å²) in [5.41, 5.74) is -4.77. The van der Waals surface area contributed by atoms with Crippen LogP contribution in [0.2, 0.25) is 37.8 Å². The molecule has 1 heterocycles. The van der Waals surface area contributed by atoms with Crippen LogP contribution < -0.4 is 0 Å². The lowest BCUT2D eigenvalue weighted by atomic mass is 9.43. The van der Waals surface area contributed by atoms with Gasteiger partial charge in [0, 0.05) is 25.2 Å². The molecule has 4 aliphatic rings. The smallest absolute Gasteiger partial charge is 0.338 e. The third-order valence-corrected chi connectivity index (χ3v) is 18.8. The molecule has 1 saturated heterocycles. The maximum absolute atomic E-state index is 15.9. The van der Waals surface area contributed by atoms with Crippen molar-refractivity contribution in [2.75, 3.05) is 6.61 Å². The number of hydrogen-bond acceptors (Lipinski definition) is 10. The lowest BCUT2D eigenvalue weighted by Crippen LogP contribution is -2.82. The molecule has 288 valence electrons. The fraction of sp³-hybridized carbons (Fsp3) is 0.700. The molecule has 0 unspecified atom stereocenters. The first-order chi connectivity index (χ1) is 24.1. The number of fused-ring (bicyclic) bond motifs is 5. The van der Waals surface area contributed by atoms with Crippen molar-refractivity contribution in [2.24, 2.45) is 22.7 Å². The zero-order chi connectivity index (χ0) is 38.8. The zero-order valence-corrected chi connectivity index (χ0v) is 35.2. The van der Waals surface area contributed by atoms with E-state index in [0.29, 0.717) is 5.57 Å². The molecule has 9 atom stereocenters. The lowest BCUT2D eigenvalue weighted by Gasteiger charge is -2.68. The Morgan fingerprint density at radius 3 is 2.04 bits per heavy atom. The van der Waals surface area contributed by atoms with Crippen LogP contribution in [0.4, 0.5) is 0 Å². The minimum absolute atomic E-state index is 0.0164. The number of aliphatic hydroxyl groups is 1. The van der Waals surface area contributed by atoms with E-state index in [1.165, 1.54) is 13.8 Å². The Morgan fingerprint density at radius 2 is 1.56 bits per heavy atom. The number of carbonyl (C=O) groups excluding carboxylic acids is 4. The van der Waals surface area contributed by atoms with Gasteiger partial charge in [0.05, 0.1) is 41.6 Å². The Morgan fingerprint density at radius 1 is 0.962 bits per heavy atom. The summed E-state index contributed by atoms with van der Waals surface area (Å²) in [6, 6.07) is 10.9. The number of ketones is 2. The first-order valence-corrected chi connectivity index (χ1v) is 24.9. The van der Waals surface area contributed by atoms with Crippen LogP contribution in [-0.4, -0.2) is 87.5 Å². The molecule has 5 rings (SSSR count). The average molecular weight is 757 g/mol. The largest absolute Gasteiger partial charge is 0.455 e. The highest BCUT2D eigenvalue weighted by molar-refractivity contribution is 6.73. The molecule has 2 saturated carbocycles. The summed E-state index contributed by atoms with van der Waals surface area (Å²) >= 11 is 0. The number of rotatable bonds is 11. The fourth-order valence-electron chi connectivity index (χ4n) is 10.1. The minimum atomic E-state index is -2.45. The van der Waals surface area contributed by atoms with Gasteiger partial charge in [-0.1, -0.05) is 52.8 Å². The van der Waals surface area contributed by atoms with Gasteiger partial charge in [-0.05, 0) is 81.8 Å². The van der Waals surface area contributed by atoms with E-state index in [1.807, 2.05) is 40.4 Å². The van der Waals surface area contributed by atoms with Crippen LogP contribution in [0.5, 0.6) is 0 Å². The summed E-state index contributed by atoms with van der Waals surface area (Å²) < 4.78 is 33.2. The summed E-state index contributed by atoms with van der Waals surface area (Å²) in [5, 5.41) is 13.7. The highest BCUT2D eigenvalue weighted by Gasteiger charge is 2.78. The van der Waals surface area contributed by atoms with Crippen molar-refractivity contribution in [3.63, 3.8) is 0 Å². The summed E-state index contributed by atoms with van der Waals surface area (Å²) in [4.78, 5) is 57.5. The van der Waals surface area contributed by atoms with E-state index in [0.717, 1.165) is 23.7 Å². The molecule has 10 nitrogen and oxygen atoms in total. The first-order valence-electron chi connectivity index (χ1n) is 19.0. The lowest BCUT2D eigenvalue weighted by molar-refractivity contribution is -0.344. The van der Waals surface area contributed by atoms with Crippen molar-refractivity contribution >= 4 is 40.1 Å².